The fourth-order valence-corrected chi connectivity index (χ4v) is 1.43. The third-order valence-electron chi connectivity index (χ3n) is 2.52. The second-order valence-electron chi connectivity index (χ2n) is 3.87. The van der Waals surface area contributed by atoms with Crippen molar-refractivity contribution in [2.45, 2.75) is 18.9 Å². The van der Waals surface area contributed by atoms with Gasteiger partial charge in [-0.3, -0.25) is 9.59 Å². The maximum atomic E-state index is 11.8. The molecule has 0 aliphatic rings. The molecular formula is C11H15N3O5. The minimum absolute atomic E-state index is 0.0361. The quantitative estimate of drug-likeness (QED) is 0.677. The first kappa shape index (κ1) is 14.7. The lowest BCUT2D eigenvalue weighted by Gasteiger charge is -2.13. The lowest BCUT2D eigenvalue weighted by molar-refractivity contribution is -0.142. The van der Waals surface area contributed by atoms with Gasteiger partial charge < -0.3 is 19.7 Å². The molecule has 0 fully saturated rings. The zero-order valence-corrected chi connectivity index (χ0v) is 10.6. The Morgan fingerprint density at radius 3 is 2.68 bits per heavy atom. The van der Waals surface area contributed by atoms with Crippen molar-refractivity contribution in [2.75, 3.05) is 7.11 Å². The molecule has 0 aliphatic heterocycles. The van der Waals surface area contributed by atoms with E-state index in [1.807, 2.05) is 0 Å². The van der Waals surface area contributed by atoms with Crippen LogP contribution in [0.15, 0.2) is 12.5 Å². The predicted molar refractivity (Wildman–Crippen MR) is 63.3 cm³/mol. The van der Waals surface area contributed by atoms with Crippen molar-refractivity contribution in [3.05, 3.63) is 18.2 Å². The second-order valence-corrected chi connectivity index (χ2v) is 3.87. The van der Waals surface area contributed by atoms with Gasteiger partial charge in [0.1, 0.15) is 11.7 Å². The number of rotatable bonds is 6. The van der Waals surface area contributed by atoms with Gasteiger partial charge in [0, 0.05) is 13.5 Å². The number of aromatic nitrogens is 2. The molecule has 1 amide bonds. The van der Waals surface area contributed by atoms with Gasteiger partial charge in [0.15, 0.2) is 0 Å². The Morgan fingerprint density at radius 2 is 2.21 bits per heavy atom. The Kier molecular flexibility index (Phi) is 5.04. The molecule has 1 aromatic heterocycles. The molecule has 8 nitrogen and oxygen atoms in total. The number of aliphatic carboxylic acids is 1. The van der Waals surface area contributed by atoms with Gasteiger partial charge in [-0.2, -0.15) is 0 Å². The topological polar surface area (TPSA) is 111 Å². The number of hydrogen-bond donors (Lipinski definition) is 2. The molecule has 0 saturated carbocycles. The van der Waals surface area contributed by atoms with Crippen LogP contribution in [0.1, 0.15) is 23.3 Å². The third-order valence-corrected chi connectivity index (χ3v) is 2.52. The summed E-state index contributed by atoms with van der Waals surface area (Å²) >= 11 is 0. The minimum atomic E-state index is -1.21. The van der Waals surface area contributed by atoms with E-state index >= 15 is 0 Å². The molecule has 0 radical (unpaired) electrons. The highest BCUT2D eigenvalue weighted by Gasteiger charge is 2.22. The van der Waals surface area contributed by atoms with Crippen LogP contribution in [0.3, 0.4) is 0 Å². The summed E-state index contributed by atoms with van der Waals surface area (Å²) < 4.78 is 5.88. The van der Waals surface area contributed by atoms with Crippen molar-refractivity contribution in [3.63, 3.8) is 0 Å². The van der Waals surface area contributed by atoms with Crippen LogP contribution in [0.25, 0.3) is 0 Å². The molecular weight excluding hydrogens is 254 g/mol. The van der Waals surface area contributed by atoms with Crippen LogP contribution < -0.4 is 5.32 Å². The molecule has 1 heterocycles. The average molecular weight is 269 g/mol. The van der Waals surface area contributed by atoms with Crippen LogP contribution in [0.2, 0.25) is 0 Å². The maximum Gasteiger partial charge on any atom is 0.326 e. The third kappa shape index (κ3) is 4.09. The van der Waals surface area contributed by atoms with Crippen LogP contribution in [0.4, 0.5) is 0 Å². The molecule has 0 aromatic carbocycles. The highest BCUT2D eigenvalue weighted by atomic mass is 16.5. The Labute approximate surface area is 109 Å². The first-order valence-electron chi connectivity index (χ1n) is 5.52. The number of nitrogens with one attached hydrogen (secondary N) is 1. The van der Waals surface area contributed by atoms with Crippen LogP contribution in [-0.2, 0) is 21.4 Å². The Bertz CT molecular complexity index is 482. The molecule has 0 bridgehead atoms. The van der Waals surface area contributed by atoms with Crippen molar-refractivity contribution >= 4 is 17.8 Å². The standard InChI is InChI=1S/C11H15N3O5/c1-14-6-12-5-8(14)10(16)13-7(11(17)18)3-4-9(15)19-2/h5-7H,3-4H2,1-2H3,(H,13,16)(H,17,18)/t7-/m1/s1. The molecule has 104 valence electrons. The number of esters is 1. The number of ether oxygens (including phenoxy) is 1. The number of amides is 1. The van der Waals surface area contributed by atoms with E-state index in [2.05, 4.69) is 15.0 Å². The summed E-state index contributed by atoms with van der Waals surface area (Å²) in [6, 6.07) is -1.15. The van der Waals surface area contributed by atoms with Crippen molar-refractivity contribution in [3.8, 4) is 0 Å². The SMILES string of the molecule is COC(=O)CC[C@@H](NC(=O)c1cncn1C)C(=O)O. The minimum Gasteiger partial charge on any atom is -0.480 e. The number of hydrogen-bond acceptors (Lipinski definition) is 5. The number of nitrogens with zero attached hydrogens (tertiary/aromatic N) is 2. The van der Waals surface area contributed by atoms with Crippen LogP contribution in [0.5, 0.6) is 0 Å². The molecule has 19 heavy (non-hydrogen) atoms. The summed E-state index contributed by atoms with van der Waals surface area (Å²) in [6.07, 6.45) is 2.64. The first-order valence-corrected chi connectivity index (χ1v) is 5.52. The van der Waals surface area contributed by atoms with Gasteiger partial charge >= 0.3 is 11.9 Å². The Morgan fingerprint density at radius 1 is 1.53 bits per heavy atom. The van der Waals surface area contributed by atoms with E-state index in [4.69, 9.17) is 5.11 Å². The zero-order valence-electron chi connectivity index (χ0n) is 10.6. The van der Waals surface area contributed by atoms with Crippen LogP contribution >= 0.6 is 0 Å². The number of aryl methyl sites for hydroxylation is 1. The molecule has 0 unspecified atom stereocenters. The summed E-state index contributed by atoms with van der Waals surface area (Å²) in [4.78, 5) is 37.5. The highest BCUT2D eigenvalue weighted by molar-refractivity contribution is 5.95. The fraction of sp³-hybridized carbons (Fsp3) is 0.455. The fourth-order valence-electron chi connectivity index (χ4n) is 1.43. The number of carbonyl (C=O) groups is 3. The molecule has 1 rings (SSSR count). The number of imidazole rings is 1. The van der Waals surface area contributed by atoms with E-state index in [0.717, 1.165) is 0 Å². The van der Waals surface area contributed by atoms with Gasteiger partial charge in [0.2, 0.25) is 0 Å². The van der Waals surface area contributed by atoms with E-state index < -0.39 is 23.9 Å². The van der Waals surface area contributed by atoms with E-state index in [0.29, 0.717) is 0 Å². The van der Waals surface area contributed by atoms with Gasteiger partial charge in [-0.15, -0.1) is 0 Å². The van der Waals surface area contributed by atoms with E-state index in [9.17, 15) is 14.4 Å². The maximum absolute atomic E-state index is 11.8. The molecule has 0 saturated heterocycles. The molecule has 0 aliphatic carbocycles. The molecule has 0 spiro atoms. The monoisotopic (exact) mass is 269 g/mol. The first-order chi connectivity index (χ1) is 8.95. The van der Waals surface area contributed by atoms with E-state index in [1.165, 1.54) is 24.2 Å². The van der Waals surface area contributed by atoms with Gasteiger partial charge in [-0.25, -0.2) is 9.78 Å². The smallest absolute Gasteiger partial charge is 0.326 e. The highest BCUT2D eigenvalue weighted by Crippen LogP contribution is 2.03. The lowest BCUT2D eigenvalue weighted by Crippen LogP contribution is -2.41. The largest absolute Gasteiger partial charge is 0.480 e. The van der Waals surface area contributed by atoms with Gasteiger partial charge in [-0.1, -0.05) is 0 Å². The molecule has 1 atom stereocenters. The molecule has 2 N–H and O–H groups in total. The summed E-state index contributed by atoms with van der Waals surface area (Å²) in [7, 11) is 2.83. The summed E-state index contributed by atoms with van der Waals surface area (Å²) in [5.74, 6) is -2.29. The molecule has 1 aromatic rings. The number of carbonyl (C=O) groups excluding carboxylic acids is 2. The lowest BCUT2D eigenvalue weighted by atomic mass is 10.1. The van der Waals surface area contributed by atoms with E-state index in [1.54, 1.807) is 7.05 Å². The van der Waals surface area contributed by atoms with Gasteiger partial charge in [0.05, 0.1) is 19.6 Å². The number of carboxylic acid groups (broad SMARTS) is 1. The summed E-state index contributed by atoms with van der Waals surface area (Å²) in [5.41, 5.74) is 0.240. The zero-order chi connectivity index (χ0) is 14.4. The number of methoxy groups -OCH3 is 1. The average Bonchev–Trinajstić information content (AvgIpc) is 2.79. The normalized spacial score (nSPS) is 11.7. The Hall–Kier alpha value is -2.38. The van der Waals surface area contributed by atoms with Crippen molar-refractivity contribution in [1.29, 1.82) is 0 Å². The molecule has 8 heteroatoms. The van der Waals surface area contributed by atoms with Crippen LogP contribution in [-0.4, -0.2) is 45.7 Å². The Balaban J connectivity index is 2.64. The van der Waals surface area contributed by atoms with Crippen molar-refractivity contribution < 1.29 is 24.2 Å². The van der Waals surface area contributed by atoms with Crippen molar-refractivity contribution in [1.82, 2.24) is 14.9 Å². The second kappa shape index (κ2) is 6.53. The van der Waals surface area contributed by atoms with Gasteiger partial charge in [-0.05, 0) is 6.42 Å². The van der Waals surface area contributed by atoms with Gasteiger partial charge in [0.25, 0.3) is 5.91 Å². The van der Waals surface area contributed by atoms with Crippen LogP contribution in [0, 0.1) is 0 Å². The number of carboxylic acids is 1. The van der Waals surface area contributed by atoms with E-state index in [-0.39, 0.29) is 18.5 Å². The predicted octanol–water partition coefficient (Wildman–Crippen LogP) is -0.444. The van der Waals surface area contributed by atoms with Crippen molar-refractivity contribution in [2.24, 2.45) is 7.05 Å². The summed E-state index contributed by atoms with van der Waals surface area (Å²) in [5, 5.41) is 11.3. The summed E-state index contributed by atoms with van der Waals surface area (Å²) in [6.45, 7) is 0.